The zero-order chi connectivity index (χ0) is 17.6. The molecule has 3 rings (SSSR count). The van der Waals surface area contributed by atoms with E-state index in [2.05, 4.69) is 10.3 Å². The van der Waals surface area contributed by atoms with E-state index in [4.69, 9.17) is 0 Å². The van der Waals surface area contributed by atoms with Gasteiger partial charge in [0, 0.05) is 17.5 Å². The lowest BCUT2D eigenvalue weighted by Crippen LogP contribution is -2.43. The van der Waals surface area contributed by atoms with E-state index in [1.165, 1.54) is 0 Å². The Morgan fingerprint density at radius 2 is 1.68 bits per heavy atom. The van der Waals surface area contributed by atoms with Crippen LogP contribution in [-0.2, 0) is 22.4 Å². The number of carbonyl (C=O) groups excluding carboxylic acids is 1. The van der Waals surface area contributed by atoms with Crippen molar-refractivity contribution in [2.24, 2.45) is 0 Å². The number of hydrogen-bond acceptors (Lipinski definition) is 3. The molecule has 0 spiro atoms. The van der Waals surface area contributed by atoms with Crippen LogP contribution >= 0.6 is 0 Å². The second-order valence-corrected chi connectivity index (χ2v) is 5.82. The van der Waals surface area contributed by atoms with Crippen LogP contribution in [0.4, 0.5) is 0 Å². The van der Waals surface area contributed by atoms with Gasteiger partial charge in [-0.1, -0.05) is 54.6 Å². The van der Waals surface area contributed by atoms with Crippen molar-refractivity contribution >= 4 is 22.8 Å². The molecule has 0 fully saturated rings. The Labute approximate surface area is 145 Å². The number of carboxylic acid groups (broad SMARTS) is 1. The molecule has 0 saturated heterocycles. The summed E-state index contributed by atoms with van der Waals surface area (Å²) in [6.07, 6.45) is 0.288. The third-order valence-electron chi connectivity index (χ3n) is 3.91. The summed E-state index contributed by atoms with van der Waals surface area (Å²) in [6, 6.07) is 19.5. The normalized spacial score (nSPS) is 11.8. The minimum absolute atomic E-state index is 0.140. The lowest BCUT2D eigenvalue weighted by molar-refractivity contribution is -0.141. The van der Waals surface area contributed by atoms with Crippen LogP contribution in [-0.4, -0.2) is 28.0 Å². The zero-order valence-electron chi connectivity index (χ0n) is 13.6. The number of amides is 1. The highest BCUT2D eigenvalue weighted by atomic mass is 16.4. The molecule has 1 amide bonds. The van der Waals surface area contributed by atoms with Crippen LogP contribution in [0.25, 0.3) is 10.9 Å². The number of pyridine rings is 1. The van der Waals surface area contributed by atoms with E-state index in [1.54, 1.807) is 6.07 Å². The van der Waals surface area contributed by atoms with Crippen molar-refractivity contribution in [3.8, 4) is 0 Å². The Balaban J connectivity index is 1.70. The number of carbonyl (C=O) groups is 2. The number of carboxylic acids is 1. The number of aliphatic carboxylic acids is 1. The van der Waals surface area contributed by atoms with Crippen molar-refractivity contribution in [1.29, 1.82) is 0 Å². The van der Waals surface area contributed by atoms with E-state index in [0.29, 0.717) is 5.69 Å². The van der Waals surface area contributed by atoms with Gasteiger partial charge in [0.2, 0.25) is 5.91 Å². The number of rotatable bonds is 6. The second kappa shape index (κ2) is 7.57. The van der Waals surface area contributed by atoms with E-state index < -0.39 is 12.0 Å². The highest BCUT2D eigenvalue weighted by Gasteiger charge is 2.21. The lowest BCUT2D eigenvalue weighted by Gasteiger charge is -2.14. The van der Waals surface area contributed by atoms with Crippen LogP contribution in [0.5, 0.6) is 0 Å². The van der Waals surface area contributed by atoms with Crippen LogP contribution in [0.15, 0.2) is 66.7 Å². The number of hydrogen-bond donors (Lipinski definition) is 2. The molecule has 5 heteroatoms. The van der Waals surface area contributed by atoms with Gasteiger partial charge in [0.15, 0.2) is 0 Å². The quantitative estimate of drug-likeness (QED) is 0.726. The third-order valence-corrected chi connectivity index (χ3v) is 3.91. The molecule has 0 radical (unpaired) electrons. The highest BCUT2D eigenvalue weighted by molar-refractivity contribution is 5.85. The van der Waals surface area contributed by atoms with Gasteiger partial charge in [0.1, 0.15) is 6.04 Å². The van der Waals surface area contributed by atoms with Gasteiger partial charge in [-0.2, -0.15) is 0 Å². The minimum atomic E-state index is -1.07. The zero-order valence-corrected chi connectivity index (χ0v) is 13.6. The lowest BCUT2D eigenvalue weighted by atomic mass is 10.1. The summed E-state index contributed by atoms with van der Waals surface area (Å²) in [6.45, 7) is 0. The monoisotopic (exact) mass is 334 g/mol. The van der Waals surface area contributed by atoms with Gasteiger partial charge in [-0.3, -0.25) is 9.78 Å². The van der Waals surface area contributed by atoms with Crippen molar-refractivity contribution in [2.45, 2.75) is 18.9 Å². The molecule has 2 N–H and O–H groups in total. The Hall–Kier alpha value is -3.21. The van der Waals surface area contributed by atoms with E-state index in [1.807, 2.05) is 60.7 Å². The molecule has 0 saturated carbocycles. The molecule has 0 bridgehead atoms. The molecule has 0 unspecified atom stereocenters. The first-order valence-corrected chi connectivity index (χ1v) is 8.02. The van der Waals surface area contributed by atoms with Crippen molar-refractivity contribution in [2.75, 3.05) is 0 Å². The SMILES string of the molecule is O=C(Cc1ccccc1)N[C@@H](Cc1ccc2ccccc2n1)C(=O)O. The maximum absolute atomic E-state index is 12.1. The van der Waals surface area contributed by atoms with Crippen molar-refractivity contribution in [3.63, 3.8) is 0 Å². The predicted octanol–water partition coefficient (Wildman–Crippen LogP) is 2.59. The maximum Gasteiger partial charge on any atom is 0.326 e. The summed E-state index contributed by atoms with van der Waals surface area (Å²) < 4.78 is 0. The van der Waals surface area contributed by atoms with E-state index in [9.17, 15) is 14.7 Å². The fourth-order valence-corrected chi connectivity index (χ4v) is 2.66. The highest BCUT2D eigenvalue weighted by Crippen LogP contribution is 2.13. The van der Waals surface area contributed by atoms with Crippen LogP contribution in [0.3, 0.4) is 0 Å². The number of fused-ring (bicyclic) bond motifs is 1. The number of nitrogens with zero attached hydrogens (tertiary/aromatic N) is 1. The molecule has 1 aromatic heterocycles. The number of nitrogens with one attached hydrogen (secondary N) is 1. The molecular formula is C20H18N2O3. The smallest absolute Gasteiger partial charge is 0.326 e. The van der Waals surface area contributed by atoms with E-state index >= 15 is 0 Å². The standard InChI is InChI=1S/C20H18N2O3/c23-19(12-14-6-2-1-3-7-14)22-18(20(24)25)13-16-11-10-15-8-4-5-9-17(15)21-16/h1-11,18H,12-13H2,(H,22,23)(H,24,25)/t18-/m0/s1. The van der Waals surface area contributed by atoms with Crippen LogP contribution in [0.1, 0.15) is 11.3 Å². The average Bonchev–Trinajstić information content (AvgIpc) is 2.62. The Morgan fingerprint density at radius 1 is 0.960 bits per heavy atom. The fourth-order valence-electron chi connectivity index (χ4n) is 2.66. The second-order valence-electron chi connectivity index (χ2n) is 5.82. The molecule has 1 atom stereocenters. The van der Waals surface area contributed by atoms with E-state index in [0.717, 1.165) is 16.5 Å². The van der Waals surface area contributed by atoms with Gasteiger partial charge in [-0.25, -0.2) is 4.79 Å². The Kier molecular flexibility index (Phi) is 5.04. The predicted molar refractivity (Wildman–Crippen MR) is 95.2 cm³/mol. The maximum atomic E-state index is 12.1. The summed E-state index contributed by atoms with van der Waals surface area (Å²) in [5.41, 5.74) is 2.28. The number of benzene rings is 2. The summed E-state index contributed by atoms with van der Waals surface area (Å²) in [4.78, 5) is 28.1. The molecule has 0 aliphatic heterocycles. The van der Waals surface area contributed by atoms with Gasteiger partial charge in [0.25, 0.3) is 0 Å². The van der Waals surface area contributed by atoms with Gasteiger partial charge < -0.3 is 10.4 Å². The van der Waals surface area contributed by atoms with Crippen molar-refractivity contribution in [1.82, 2.24) is 10.3 Å². The summed E-state index contributed by atoms with van der Waals surface area (Å²) >= 11 is 0. The third kappa shape index (κ3) is 4.41. The van der Waals surface area contributed by atoms with Gasteiger partial charge in [-0.05, 0) is 17.7 Å². The largest absolute Gasteiger partial charge is 0.480 e. The molecule has 1 heterocycles. The van der Waals surface area contributed by atoms with Gasteiger partial charge in [-0.15, -0.1) is 0 Å². The fraction of sp³-hybridized carbons (Fsp3) is 0.150. The molecule has 25 heavy (non-hydrogen) atoms. The van der Waals surface area contributed by atoms with Crippen molar-refractivity contribution < 1.29 is 14.7 Å². The van der Waals surface area contributed by atoms with Crippen LogP contribution in [0.2, 0.25) is 0 Å². The van der Waals surface area contributed by atoms with Crippen LogP contribution < -0.4 is 5.32 Å². The summed E-state index contributed by atoms with van der Waals surface area (Å²) in [5.74, 6) is -1.39. The number of aromatic nitrogens is 1. The molecular weight excluding hydrogens is 316 g/mol. The average molecular weight is 334 g/mol. The first-order valence-electron chi connectivity index (χ1n) is 8.02. The molecule has 0 aliphatic carbocycles. The molecule has 126 valence electrons. The van der Waals surface area contributed by atoms with Crippen molar-refractivity contribution in [3.05, 3.63) is 78.0 Å². The van der Waals surface area contributed by atoms with Crippen LogP contribution in [0, 0.1) is 0 Å². The number of para-hydroxylation sites is 1. The van der Waals surface area contributed by atoms with Gasteiger partial charge in [0.05, 0.1) is 11.9 Å². The summed E-state index contributed by atoms with van der Waals surface area (Å²) in [5, 5.41) is 13.0. The molecule has 0 aliphatic rings. The first kappa shape index (κ1) is 16.6. The molecule has 5 nitrogen and oxygen atoms in total. The first-order chi connectivity index (χ1) is 12.1. The van der Waals surface area contributed by atoms with E-state index in [-0.39, 0.29) is 18.7 Å². The Bertz CT molecular complexity index is 894. The molecule has 2 aromatic carbocycles. The molecule has 3 aromatic rings. The minimum Gasteiger partial charge on any atom is -0.480 e. The Morgan fingerprint density at radius 3 is 2.44 bits per heavy atom. The summed E-state index contributed by atoms with van der Waals surface area (Å²) in [7, 11) is 0. The van der Waals surface area contributed by atoms with Gasteiger partial charge >= 0.3 is 5.97 Å². The topological polar surface area (TPSA) is 79.3 Å².